The maximum atomic E-state index is 10.6. The Morgan fingerprint density at radius 2 is 1.80 bits per heavy atom. The third-order valence-corrected chi connectivity index (χ3v) is 4.73. The van der Waals surface area contributed by atoms with Crippen LogP contribution < -0.4 is 0 Å². The number of hydrogen-bond acceptors (Lipinski definition) is 6. The maximum Gasteiger partial charge on any atom is 0.243 e. The molecule has 0 aliphatic carbocycles. The number of H-pyrrole nitrogens is 1. The number of rotatable bonds is 5. The molecule has 0 spiro atoms. The van der Waals surface area contributed by atoms with E-state index in [0.717, 1.165) is 6.42 Å². The Morgan fingerprint density at radius 1 is 1.13 bits per heavy atom. The highest BCUT2D eigenvalue weighted by molar-refractivity contribution is 5.56. The Kier molecular flexibility index (Phi) is 5.49. The van der Waals surface area contributed by atoms with Crippen molar-refractivity contribution in [1.82, 2.24) is 20.0 Å². The Hall–Kier alpha value is -3.47. The first kappa shape index (κ1) is 21.2. The van der Waals surface area contributed by atoms with E-state index in [1.807, 2.05) is 30.3 Å². The standard InChI is InChI=1S/C22H27N7O/c1-14-17(20(30)29(28-14)15-10-8-7-9-11-15)24-26-19-16(12-23)18(25-27-19)22(5,6)13-21(2,3)4/h7-11,30H,13H2,1-6H3,(H,25,27)/b26-24+. The summed E-state index contributed by atoms with van der Waals surface area (Å²) in [6, 6.07) is 11.5. The maximum absolute atomic E-state index is 10.6. The molecule has 0 saturated heterocycles. The summed E-state index contributed by atoms with van der Waals surface area (Å²) in [4.78, 5) is 0. The molecule has 0 aliphatic heterocycles. The number of nitrogens with one attached hydrogen (secondary N) is 1. The van der Waals surface area contributed by atoms with Gasteiger partial charge in [0.1, 0.15) is 11.6 Å². The molecule has 156 valence electrons. The van der Waals surface area contributed by atoms with Gasteiger partial charge in [0.25, 0.3) is 0 Å². The van der Waals surface area contributed by atoms with Gasteiger partial charge < -0.3 is 5.11 Å². The predicted octanol–water partition coefficient (Wildman–Crippen LogP) is 5.61. The average Bonchev–Trinajstić information content (AvgIpc) is 3.20. The largest absolute Gasteiger partial charge is 0.492 e. The van der Waals surface area contributed by atoms with Crippen LogP contribution in [-0.4, -0.2) is 25.1 Å². The third kappa shape index (κ3) is 4.25. The minimum atomic E-state index is -0.316. The SMILES string of the molecule is Cc1nn(-c2ccccc2)c(O)c1/N=N/c1[nH]nc(C(C)(C)CC(C)(C)C)c1C#N. The lowest BCUT2D eigenvalue weighted by Crippen LogP contribution is -2.26. The first-order chi connectivity index (χ1) is 14.0. The number of para-hydroxylation sites is 1. The van der Waals surface area contributed by atoms with Crippen LogP contribution in [0.25, 0.3) is 5.69 Å². The molecule has 8 heteroatoms. The van der Waals surface area contributed by atoms with Gasteiger partial charge in [0.15, 0.2) is 11.5 Å². The van der Waals surface area contributed by atoms with Gasteiger partial charge >= 0.3 is 0 Å². The second kappa shape index (κ2) is 7.75. The minimum Gasteiger partial charge on any atom is -0.492 e. The zero-order valence-corrected chi connectivity index (χ0v) is 18.2. The lowest BCUT2D eigenvalue weighted by Gasteiger charge is -2.31. The van der Waals surface area contributed by atoms with Crippen LogP contribution in [-0.2, 0) is 5.41 Å². The second-order valence-electron chi connectivity index (χ2n) is 9.23. The van der Waals surface area contributed by atoms with Crippen molar-refractivity contribution in [3.63, 3.8) is 0 Å². The molecule has 0 atom stereocenters. The van der Waals surface area contributed by atoms with Crippen LogP contribution >= 0.6 is 0 Å². The van der Waals surface area contributed by atoms with E-state index >= 15 is 0 Å². The highest BCUT2D eigenvalue weighted by atomic mass is 16.3. The monoisotopic (exact) mass is 405 g/mol. The smallest absolute Gasteiger partial charge is 0.243 e. The summed E-state index contributed by atoms with van der Waals surface area (Å²) >= 11 is 0. The first-order valence-corrected chi connectivity index (χ1v) is 9.78. The van der Waals surface area contributed by atoms with Crippen molar-refractivity contribution in [1.29, 1.82) is 5.26 Å². The van der Waals surface area contributed by atoms with E-state index in [-0.39, 0.29) is 28.2 Å². The molecule has 1 aromatic carbocycles. The number of aromatic hydroxyl groups is 1. The van der Waals surface area contributed by atoms with Crippen LogP contribution in [0.2, 0.25) is 0 Å². The van der Waals surface area contributed by atoms with Gasteiger partial charge in [-0.3, -0.25) is 5.10 Å². The van der Waals surface area contributed by atoms with Gasteiger partial charge in [-0.05, 0) is 30.9 Å². The van der Waals surface area contributed by atoms with Crippen LogP contribution in [0.1, 0.15) is 58.0 Å². The summed E-state index contributed by atoms with van der Waals surface area (Å²) in [5.41, 5.74) is 2.26. The quantitative estimate of drug-likeness (QED) is 0.537. The van der Waals surface area contributed by atoms with E-state index in [4.69, 9.17) is 0 Å². The molecule has 0 saturated carbocycles. The van der Waals surface area contributed by atoms with Gasteiger partial charge in [-0.15, -0.1) is 10.2 Å². The van der Waals surface area contributed by atoms with Crippen molar-refractivity contribution in [2.45, 2.75) is 53.4 Å². The molecule has 2 heterocycles. The van der Waals surface area contributed by atoms with Gasteiger partial charge in [-0.25, -0.2) is 0 Å². The van der Waals surface area contributed by atoms with Gasteiger partial charge in [0.2, 0.25) is 5.88 Å². The molecule has 30 heavy (non-hydrogen) atoms. The summed E-state index contributed by atoms with van der Waals surface area (Å²) in [6.07, 6.45) is 0.847. The zero-order chi connectivity index (χ0) is 22.1. The molecular formula is C22H27N7O. The third-order valence-electron chi connectivity index (χ3n) is 4.73. The molecule has 3 rings (SSSR count). The van der Waals surface area contributed by atoms with E-state index < -0.39 is 0 Å². The van der Waals surface area contributed by atoms with E-state index in [1.54, 1.807) is 6.92 Å². The van der Waals surface area contributed by atoms with Crippen molar-refractivity contribution in [3.05, 3.63) is 47.3 Å². The van der Waals surface area contributed by atoms with Crippen LogP contribution in [0.15, 0.2) is 40.6 Å². The van der Waals surface area contributed by atoms with Crippen LogP contribution in [0.5, 0.6) is 5.88 Å². The predicted molar refractivity (Wildman–Crippen MR) is 115 cm³/mol. The highest BCUT2D eigenvalue weighted by Crippen LogP contribution is 2.39. The Bertz CT molecular complexity index is 1110. The van der Waals surface area contributed by atoms with Crippen LogP contribution in [0.3, 0.4) is 0 Å². The van der Waals surface area contributed by atoms with E-state index in [9.17, 15) is 10.4 Å². The fourth-order valence-electron chi connectivity index (χ4n) is 3.88. The van der Waals surface area contributed by atoms with Crippen molar-refractivity contribution >= 4 is 11.5 Å². The first-order valence-electron chi connectivity index (χ1n) is 9.78. The average molecular weight is 406 g/mol. The second-order valence-corrected chi connectivity index (χ2v) is 9.23. The van der Waals surface area contributed by atoms with E-state index in [1.165, 1.54) is 4.68 Å². The zero-order valence-electron chi connectivity index (χ0n) is 18.2. The Labute approximate surface area is 176 Å². The number of hydrogen-bond donors (Lipinski definition) is 2. The van der Waals surface area contributed by atoms with Crippen molar-refractivity contribution in [3.8, 4) is 17.6 Å². The fourth-order valence-corrected chi connectivity index (χ4v) is 3.88. The normalized spacial score (nSPS) is 12.4. The van der Waals surface area contributed by atoms with Crippen molar-refractivity contribution in [2.24, 2.45) is 15.6 Å². The van der Waals surface area contributed by atoms with Gasteiger partial charge in [0.05, 0.1) is 17.1 Å². The number of aromatic amines is 1. The topological polar surface area (TPSA) is 115 Å². The number of aryl methyl sites for hydroxylation is 1. The number of azo groups is 1. The summed E-state index contributed by atoms with van der Waals surface area (Å²) in [6.45, 7) is 12.3. The molecule has 0 fully saturated rings. The van der Waals surface area contributed by atoms with Crippen LogP contribution in [0.4, 0.5) is 11.5 Å². The van der Waals surface area contributed by atoms with E-state index in [2.05, 4.69) is 66.2 Å². The number of aromatic nitrogens is 4. The van der Waals surface area contributed by atoms with Gasteiger partial charge in [-0.1, -0.05) is 52.8 Å². The molecule has 2 N–H and O–H groups in total. The van der Waals surface area contributed by atoms with Crippen molar-refractivity contribution < 1.29 is 5.11 Å². The lowest BCUT2D eigenvalue weighted by atomic mass is 9.73. The molecule has 2 aromatic heterocycles. The summed E-state index contributed by atoms with van der Waals surface area (Å²) in [5.74, 6) is 0.148. The lowest BCUT2D eigenvalue weighted by molar-refractivity contribution is 0.279. The molecule has 0 bridgehead atoms. The number of benzene rings is 1. The number of nitriles is 1. The molecule has 3 aromatic rings. The highest BCUT2D eigenvalue weighted by Gasteiger charge is 2.33. The van der Waals surface area contributed by atoms with Gasteiger partial charge in [-0.2, -0.15) is 20.1 Å². The number of nitrogens with zero attached hydrogens (tertiary/aromatic N) is 6. The Morgan fingerprint density at radius 3 is 2.40 bits per heavy atom. The molecule has 0 aliphatic rings. The minimum absolute atomic E-state index is 0.0752. The molecule has 0 amide bonds. The summed E-state index contributed by atoms with van der Waals surface area (Å²) in [5, 5.41) is 40.2. The van der Waals surface area contributed by atoms with E-state index in [0.29, 0.717) is 22.6 Å². The Balaban J connectivity index is 1.96. The summed E-state index contributed by atoms with van der Waals surface area (Å²) < 4.78 is 1.40. The molecule has 0 unspecified atom stereocenters. The van der Waals surface area contributed by atoms with Crippen LogP contribution in [0, 0.1) is 23.7 Å². The summed E-state index contributed by atoms with van der Waals surface area (Å²) in [7, 11) is 0. The molecule has 0 radical (unpaired) electrons. The van der Waals surface area contributed by atoms with Gasteiger partial charge in [0, 0.05) is 5.41 Å². The molecular weight excluding hydrogens is 378 g/mol. The molecule has 8 nitrogen and oxygen atoms in total. The van der Waals surface area contributed by atoms with Crippen molar-refractivity contribution in [2.75, 3.05) is 0 Å². The fraction of sp³-hybridized carbons (Fsp3) is 0.409.